The Morgan fingerprint density at radius 1 is 1.19 bits per heavy atom. The molecule has 0 aliphatic carbocycles. The molecule has 1 aliphatic rings. The molecule has 6 heteroatoms. The van der Waals surface area contributed by atoms with Crippen molar-refractivity contribution in [2.45, 2.75) is 52.1 Å². The average Bonchev–Trinajstić information content (AvgIpc) is 3.45. The van der Waals surface area contributed by atoms with Gasteiger partial charge in [0.1, 0.15) is 0 Å². The number of nitrogens with zero attached hydrogens (tertiary/aromatic N) is 2. The highest BCUT2D eigenvalue weighted by atomic mass is 32.1. The van der Waals surface area contributed by atoms with Gasteiger partial charge in [-0.15, -0.1) is 22.7 Å². The van der Waals surface area contributed by atoms with E-state index in [9.17, 15) is 4.79 Å². The molecule has 4 nitrogen and oxygen atoms in total. The highest BCUT2D eigenvalue weighted by molar-refractivity contribution is 7.10. The molecule has 1 aliphatic heterocycles. The predicted molar refractivity (Wildman–Crippen MR) is 130 cm³/mol. The molecule has 3 aromatic rings. The normalized spacial score (nSPS) is 16.3. The van der Waals surface area contributed by atoms with Crippen LogP contribution in [-0.4, -0.2) is 28.9 Å². The van der Waals surface area contributed by atoms with E-state index >= 15 is 0 Å². The number of aryl methyl sites for hydroxylation is 2. The minimum Gasteiger partial charge on any atom is -0.344 e. The summed E-state index contributed by atoms with van der Waals surface area (Å²) in [7, 11) is 0. The minimum atomic E-state index is -0.0702. The van der Waals surface area contributed by atoms with Gasteiger partial charge in [-0.3, -0.25) is 9.69 Å². The van der Waals surface area contributed by atoms with Gasteiger partial charge in [0.05, 0.1) is 16.7 Å². The Balaban J connectivity index is 1.38. The molecule has 3 heterocycles. The zero-order valence-corrected chi connectivity index (χ0v) is 20.0. The van der Waals surface area contributed by atoms with Crippen LogP contribution >= 0.6 is 22.7 Å². The largest absolute Gasteiger partial charge is 0.344 e. The number of likely N-dealkylation sites (tertiary alicyclic amines) is 1. The summed E-state index contributed by atoms with van der Waals surface area (Å²) < 4.78 is 0. The number of thiazole rings is 1. The highest BCUT2D eigenvalue weighted by Crippen LogP contribution is 2.28. The van der Waals surface area contributed by atoms with Gasteiger partial charge in [-0.2, -0.15) is 0 Å². The van der Waals surface area contributed by atoms with Crippen molar-refractivity contribution in [3.8, 4) is 0 Å². The van der Waals surface area contributed by atoms with Crippen molar-refractivity contribution >= 4 is 28.6 Å². The summed E-state index contributed by atoms with van der Waals surface area (Å²) in [6.45, 7) is 7.03. The third kappa shape index (κ3) is 5.82. The summed E-state index contributed by atoms with van der Waals surface area (Å²) in [6.07, 6.45) is 4.05. The maximum absolute atomic E-state index is 13.2. The van der Waals surface area contributed by atoms with Crippen molar-refractivity contribution < 1.29 is 4.79 Å². The monoisotopic (exact) mass is 453 g/mol. The van der Waals surface area contributed by atoms with Gasteiger partial charge in [-0.1, -0.05) is 43.7 Å². The molecule has 0 radical (unpaired) electrons. The molecule has 1 saturated heterocycles. The number of piperidine rings is 1. The number of carbonyl (C=O) groups excluding carboxylic acids is 1. The van der Waals surface area contributed by atoms with Crippen molar-refractivity contribution in [3.05, 3.63) is 73.9 Å². The molecule has 4 rings (SSSR count). The minimum absolute atomic E-state index is 0.0702. The summed E-state index contributed by atoms with van der Waals surface area (Å²) in [6, 6.07) is 12.9. The number of carbonyl (C=O) groups is 1. The van der Waals surface area contributed by atoms with Gasteiger partial charge in [0, 0.05) is 22.7 Å². The number of aromatic nitrogens is 1. The van der Waals surface area contributed by atoms with Crippen LogP contribution in [0.25, 0.3) is 0 Å². The van der Waals surface area contributed by atoms with E-state index in [1.54, 1.807) is 22.7 Å². The number of thiophene rings is 1. The molecular weight excluding hydrogens is 422 g/mol. The molecule has 1 N–H and O–H groups in total. The summed E-state index contributed by atoms with van der Waals surface area (Å²) in [5.41, 5.74) is 3.66. The Bertz CT molecular complexity index is 957. The Morgan fingerprint density at radius 2 is 1.97 bits per heavy atom. The van der Waals surface area contributed by atoms with Crippen LogP contribution in [0, 0.1) is 12.8 Å². The lowest BCUT2D eigenvalue weighted by Crippen LogP contribution is -2.41. The maximum Gasteiger partial charge on any atom is 0.223 e. The summed E-state index contributed by atoms with van der Waals surface area (Å²) in [4.78, 5) is 21.4. The fraction of sp³-hybridized carbons (Fsp3) is 0.440. The molecule has 1 unspecified atom stereocenters. The van der Waals surface area contributed by atoms with Gasteiger partial charge in [-0.25, -0.2) is 4.98 Å². The van der Waals surface area contributed by atoms with Gasteiger partial charge in [0.25, 0.3) is 0 Å². The highest BCUT2D eigenvalue weighted by Gasteiger charge is 2.28. The average molecular weight is 454 g/mol. The van der Waals surface area contributed by atoms with E-state index in [1.807, 2.05) is 6.92 Å². The molecule has 0 saturated carbocycles. The van der Waals surface area contributed by atoms with Gasteiger partial charge in [0.15, 0.2) is 0 Å². The summed E-state index contributed by atoms with van der Waals surface area (Å²) in [5, 5.41) is 8.71. The van der Waals surface area contributed by atoms with Crippen LogP contribution in [0.5, 0.6) is 0 Å². The number of nitrogens with one attached hydrogen (secondary N) is 1. The summed E-state index contributed by atoms with van der Waals surface area (Å²) >= 11 is 3.41. The Hall–Kier alpha value is -2.02. The van der Waals surface area contributed by atoms with Crippen LogP contribution in [0.4, 0.5) is 0 Å². The molecule has 1 amide bonds. The fourth-order valence-corrected chi connectivity index (χ4v) is 5.67. The molecule has 2 aromatic heterocycles. The van der Waals surface area contributed by atoms with Crippen molar-refractivity contribution in [1.82, 2.24) is 15.2 Å². The third-order valence-electron chi connectivity index (χ3n) is 5.98. The SMILES string of the molecule is CCCc1ccc(C(NC(=O)C2CCN(Cc3csc(C)n3)CC2)c2cccs2)cc1. The van der Waals surface area contributed by atoms with Gasteiger partial charge < -0.3 is 5.32 Å². The van der Waals surface area contributed by atoms with Crippen LogP contribution in [0.2, 0.25) is 0 Å². The molecule has 1 fully saturated rings. The van der Waals surface area contributed by atoms with E-state index in [2.05, 4.69) is 69.3 Å². The molecule has 0 bridgehead atoms. The Kier molecular flexibility index (Phi) is 7.54. The van der Waals surface area contributed by atoms with Crippen LogP contribution < -0.4 is 5.32 Å². The molecule has 0 spiro atoms. The van der Waals surface area contributed by atoms with Gasteiger partial charge >= 0.3 is 0 Å². The second kappa shape index (κ2) is 10.5. The fourth-order valence-electron chi connectivity index (χ4n) is 4.26. The smallest absolute Gasteiger partial charge is 0.223 e. The third-order valence-corrected chi connectivity index (χ3v) is 7.74. The van der Waals surface area contributed by atoms with Crippen molar-refractivity contribution in [2.24, 2.45) is 5.92 Å². The second-order valence-electron chi connectivity index (χ2n) is 8.36. The quantitative estimate of drug-likeness (QED) is 0.484. The van der Waals surface area contributed by atoms with Crippen LogP contribution in [-0.2, 0) is 17.8 Å². The first-order chi connectivity index (χ1) is 15.1. The predicted octanol–water partition coefficient (Wildman–Crippen LogP) is 5.58. The molecule has 1 atom stereocenters. The lowest BCUT2D eigenvalue weighted by Gasteiger charge is -2.31. The molecule has 1 aromatic carbocycles. The van der Waals surface area contributed by atoms with E-state index in [0.29, 0.717) is 0 Å². The van der Waals surface area contributed by atoms with E-state index in [-0.39, 0.29) is 17.9 Å². The van der Waals surface area contributed by atoms with E-state index in [4.69, 9.17) is 0 Å². The first kappa shape index (κ1) is 22.2. The standard InChI is InChI=1S/C25H31N3OS2/c1-3-5-19-7-9-20(10-8-19)24(23-6-4-15-30-23)27-25(29)21-11-13-28(14-12-21)16-22-17-31-18(2)26-22/h4,6-10,15,17,21,24H,3,5,11-14,16H2,1-2H3,(H,27,29). The maximum atomic E-state index is 13.2. The molecule has 164 valence electrons. The number of rotatable bonds is 8. The van der Waals surface area contributed by atoms with E-state index < -0.39 is 0 Å². The Labute approximate surface area is 193 Å². The van der Waals surface area contributed by atoms with Crippen molar-refractivity contribution in [2.75, 3.05) is 13.1 Å². The lowest BCUT2D eigenvalue weighted by atomic mass is 9.94. The zero-order chi connectivity index (χ0) is 21.6. The van der Waals surface area contributed by atoms with Crippen LogP contribution in [0.15, 0.2) is 47.2 Å². The van der Waals surface area contributed by atoms with Crippen molar-refractivity contribution in [1.29, 1.82) is 0 Å². The summed E-state index contributed by atoms with van der Waals surface area (Å²) in [5.74, 6) is 0.260. The lowest BCUT2D eigenvalue weighted by molar-refractivity contribution is -0.127. The first-order valence-electron chi connectivity index (χ1n) is 11.2. The van der Waals surface area contributed by atoms with E-state index in [0.717, 1.165) is 61.6 Å². The van der Waals surface area contributed by atoms with Gasteiger partial charge in [0.2, 0.25) is 5.91 Å². The number of hydrogen-bond donors (Lipinski definition) is 1. The Morgan fingerprint density at radius 3 is 2.58 bits per heavy atom. The number of amides is 1. The number of hydrogen-bond acceptors (Lipinski definition) is 5. The number of benzene rings is 1. The van der Waals surface area contributed by atoms with E-state index in [1.165, 1.54) is 10.4 Å². The van der Waals surface area contributed by atoms with Gasteiger partial charge in [-0.05, 0) is 61.8 Å². The molecular formula is C25H31N3OS2. The second-order valence-corrected chi connectivity index (χ2v) is 10.4. The topological polar surface area (TPSA) is 45.2 Å². The zero-order valence-electron chi connectivity index (χ0n) is 18.3. The van der Waals surface area contributed by atoms with Crippen LogP contribution in [0.3, 0.4) is 0 Å². The molecule has 31 heavy (non-hydrogen) atoms. The van der Waals surface area contributed by atoms with Crippen molar-refractivity contribution in [3.63, 3.8) is 0 Å². The first-order valence-corrected chi connectivity index (χ1v) is 12.9. The van der Waals surface area contributed by atoms with Crippen LogP contribution in [0.1, 0.15) is 58.9 Å².